The zero-order valence-corrected chi connectivity index (χ0v) is 21.8. The van der Waals surface area contributed by atoms with Gasteiger partial charge in [0.2, 0.25) is 6.79 Å². The van der Waals surface area contributed by atoms with Gasteiger partial charge in [-0.15, -0.1) is 0 Å². The van der Waals surface area contributed by atoms with E-state index in [1.807, 2.05) is 31.2 Å². The van der Waals surface area contributed by atoms with Crippen LogP contribution in [0, 0.1) is 0 Å². The van der Waals surface area contributed by atoms with Crippen molar-refractivity contribution < 1.29 is 18.9 Å². The quantitative estimate of drug-likeness (QED) is 0.270. The van der Waals surface area contributed by atoms with Gasteiger partial charge in [-0.2, -0.15) is 9.78 Å². The van der Waals surface area contributed by atoms with Crippen LogP contribution in [-0.4, -0.2) is 29.8 Å². The number of hydrogen-bond acceptors (Lipinski definition) is 7. The molecular weight excluding hydrogens is 550 g/mol. The van der Waals surface area contributed by atoms with Crippen LogP contribution < -0.4 is 24.5 Å². The van der Waals surface area contributed by atoms with Gasteiger partial charge < -0.3 is 18.9 Å². The third-order valence-corrected chi connectivity index (χ3v) is 6.30. The third kappa shape index (κ3) is 4.76. The minimum absolute atomic E-state index is 0.199. The highest BCUT2D eigenvalue weighted by Crippen LogP contribution is 2.36. The van der Waals surface area contributed by atoms with E-state index < -0.39 is 0 Å². The van der Waals surface area contributed by atoms with Crippen LogP contribution >= 0.6 is 27.5 Å². The van der Waals surface area contributed by atoms with Crippen LogP contribution in [0.5, 0.6) is 23.0 Å². The molecule has 0 aliphatic carbocycles. The Morgan fingerprint density at radius 2 is 2.00 bits per heavy atom. The summed E-state index contributed by atoms with van der Waals surface area (Å²) in [5.41, 5.74) is 1.77. The summed E-state index contributed by atoms with van der Waals surface area (Å²) in [6, 6.07) is 14.4. The van der Waals surface area contributed by atoms with Crippen molar-refractivity contribution in [1.82, 2.24) is 9.66 Å². The maximum Gasteiger partial charge on any atom is 0.282 e. The average molecular weight is 571 g/mol. The van der Waals surface area contributed by atoms with E-state index in [9.17, 15) is 4.79 Å². The smallest absolute Gasteiger partial charge is 0.282 e. The van der Waals surface area contributed by atoms with E-state index in [2.05, 4.69) is 26.0 Å². The summed E-state index contributed by atoms with van der Waals surface area (Å²) in [5.74, 6) is 2.77. The van der Waals surface area contributed by atoms with Gasteiger partial charge in [0, 0.05) is 27.5 Å². The SMILES string of the molecule is CCc1nc2ccc(Br)cc2c(=O)n1N=Cc1cc(Cl)cc(OC)c1OCc1ccc2c(c1)OCO2. The van der Waals surface area contributed by atoms with E-state index in [4.69, 9.17) is 30.5 Å². The summed E-state index contributed by atoms with van der Waals surface area (Å²) in [6.07, 6.45) is 2.04. The first-order valence-electron chi connectivity index (χ1n) is 11.1. The highest BCUT2D eigenvalue weighted by Gasteiger charge is 2.16. The van der Waals surface area contributed by atoms with Gasteiger partial charge in [-0.1, -0.05) is 40.5 Å². The van der Waals surface area contributed by atoms with Gasteiger partial charge in [0.05, 0.1) is 24.2 Å². The summed E-state index contributed by atoms with van der Waals surface area (Å²) >= 11 is 9.75. The fourth-order valence-electron chi connectivity index (χ4n) is 3.84. The fourth-order valence-corrected chi connectivity index (χ4v) is 4.42. The van der Waals surface area contributed by atoms with Crippen LogP contribution in [0.2, 0.25) is 5.02 Å². The second-order valence-electron chi connectivity index (χ2n) is 7.91. The monoisotopic (exact) mass is 569 g/mol. The molecule has 0 saturated heterocycles. The summed E-state index contributed by atoms with van der Waals surface area (Å²) in [7, 11) is 1.53. The molecule has 10 heteroatoms. The Bertz CT molecular complexity index is 1550. The normalized spacial score (nSPS) is 12.4. The lowest BCUT2D eigenvalue weighted by atomic mass is 10.2. The minimum atomic E-state index is -0.272. The molecule has 36 heavy (non-hydrogen) atoms. The molecule has 0 radical (unpaired) electrons. The molecular formula is C26H21BrClN3O5. The number of ether oxygens (including phenoxy) is 4. The highest BCUT2D eigenvalue weighted by molar-refractivity contribution is 9.10. The largest absolute Gasteiger partial charge is 0.493 e. The first-order valence-corrected chi connectivity index (χ1v) is 12.3. The van der Waals surface area contributed by atoms with E-state index in [1.165, 1.54) is 18.0 Å². The zero-order chi connectivity index (χ0) is 25.2. The van der Waals surface area contributed by atoms with Gasteiger partial charge in [-0.05, 0) is 42.0 Å². The lowest BCUT2D eigenvalue weighted by Crippen LogP contribution is -2.22. The number of methoxy groups -OCH3 is 1. The average Bonchev–Trinajstić information content (AvgIpc) is 3.35. The molecule has 4 aromatic rings. The minimum Gasteiger partial charge on any atom is -0.493 e. The number of aromatic nitrogens is 2. The van der Waals surface area contributed by atoms with E-state index in [-0.39, 0.29) is 19.0 Å². The topological polar surface area (TPSA) is 84.2 Å². The number of rotatable bonds is 7. The molecule has 184 valence electrons. The van der Waals surface area contributed by atoms with Crippen LogP contribution in [0.4, 0.5) is 0 Å². The maximum atomic E-state index is 13.2. The second kappa shape index (κ2) is 10.2. The van der Waals surface area contributed by atoms with Crippen molar-refractivity contribution in [3.8, 4) is 23.0 Å². The standard InChI is InChI=1S/C26H21BrClN3O5/c1-3-24-30-20-6-5-17(27)10-19(20)26(32)31(24)29-12-16-9-18(28)11-23(33-2)25(16)34-13-15-4-7-21-22(8-15)36-14-35-21/h4-12H,3,13-14H2,1-2H3. The molecule has 1 aliphatic rings. The summed E-state index contributed by atoms with van der Waals surface area (Å²) in [6.45, 7) is 2.35. The molecule has 1 aliphatic heterocycles. The van der Waals surface area contributed by atoms with Crippen LogP contribution in [-0.2, 0) is 13.0 Å². The highest BCUT2D eigenvalue weighted by atomic mass is 79.9. The van der Waals surface area contributed by atoms with Gasteiger partial charge >= 0.3 is 0 Å². The van der Waals surface area contributed by atoms with Crippen molar-refractivity contribution in [2.75, 3.05) is 13.9 Å². The van der Waals surface area contributed by atoms with Crippen LogP contribution in [0.3, 0.4) is 0 Å². The van der Waals surface area contributed by atoms with Crippen molar-refractivity contribution in [3.63, 3.8) is 0 Å². The Hall–Kier alpha value is -3.56. The molecule has 2 heterocycles. The molecule has 0 atom stereocenters. The van der Waals surface area contributed by atoms with Crippen LogP contribution in [0.25, 0.3) is 10.9 Å². The van der Waals surface area contributed by atoms with Crippen molar-refractivity contribution >= 4 is 44.6 Å². The van der Waals surface area contributed by atoms with Gasteiger partial charge in [-0.25, -0.2) is 4.98 Å². The molecule has 0 N–H and O–H groups in total. The number of aryl methyl sites for hydroxylation is 1. The van der Waals surface area contributed by atoms with Crippen LogP contribution in [0.1, 0.15) is 23.9 Å². The van der Waals surface area contributed by atoms with Crippen LogP contribution in [0.15, 0.2) is 62.9 Å². The Labute approximate surface area is 220 Å². The first-order chi connectivity index (χ1) is 17.5. The maximum absolute atomic E-state index is 13.2. The number of benzene rings is 3. The molecule has 0 spiro atoms. The van der Waals surface area contributed by atoms with E-state index in [0.29, 0.717) is 56.7 Å². The van der Waals surface area contributed by atoms with E-state index >= 15 is 0 Å². The fraction of sp³-hybridized carbons (Fsp3) is 0.192. The number of hydrogen-bond donors (Lipinski definition) is 0. The Kier molecular flexibility index (Phi) is 6.84. The lowest BCUT2D eigenvalue weighted by Gasteiger charge is -2.14. The lowest BCUT2D eigenvalue weighted by molar-refractivity contribution is 0.174. The molecule has 0 saturated carbocycles. The second-order valence-corrected chi connectivity index (χ2v) is 9.26. The Balaban J connectivity index is 1.52. The molecule has 3 aromatic carbocycles. The number of nitrogens with zero attached hydrogens (tertiary/aromatic N) is 3. The van der Waals surface area contributed by atoms with Gasteiger partial charge in [0.15, 0.2) is 23.0 Å². The molecule has 8 nitrogen and oxygen atoms in total. The van der Waals surface area contributed by atoms with Gasteiger partial charge in [0.1, 0.15) is 12.4 Å². The van der Waals surface area contributed by atoms with E-state index in [0.717, 1.165) is 10.0 Å². The Morgan fingerprint density at radius 3 is 2.81 bits per heavy atom. The molecule has 0 fully saturated rings. The Morgan fingerprint density at radius 1 is 1.17 bits per heavy atom. The van der Waals surface area contributed by atoms with Crippen molar-refractivity contribution in [2.45, 2.75) is 20.0 Å². The zero-order valence-electron chi connectivity index (χ0n) is 19.5. The number of halogens is 2. The molecule has 0 bridgehead atoms. The molecule has 1 aromatic heterocycles. The van der Waals surface area contributed by atoms with E-state index in [1.54, 1.807) is 24.3 Å². The summed E-state index contributed by atoms with van der Waals surface area (Å²) in [5, 5.41) is 5.37. The van der Waals surface area contributed by atoms with Crippen molar-refractivity contribution in [3.05, 3.63) is 85.3 Å². The van der Waals surface area contributed by atoms with Gasteiger partial charge in [-0.3, -0.25) is 4.79 Å². The van der Waals surface area contributed by atoms with Crippen molar-refractivity contribution in [2.24, 2.45) is 5.10 Å². The summed E-state index contributed by atoms with van der Waals surface area (Å²) < 4.78 is 24.6. The van der Waals surface area contributed by atoms with Gasteiger partial charge in [0.25, 0.3) is 5.56 Å². The number of fused-ring (bicyclic) bond motifs is 2. The molecule has 0 amide bonds. The molecule has 5 rings (SSSR count). The predicted octanol–water partition coefficient (Wildman–Crippen LogP) is 5.57. The third-order valence-electron chi connectivity index (χ3n) is 5.59. The first kappa shape index (κ1) is 24.1. The molecule has 0 unspecified atom stereocenters. The van der Waals surface area contributed by atoms with Crippen molar-refractivity contribution in [1.29, 1.82) is 0 Å². The predicted molar refractivity (Wildman–Crippen MR) is 141 cm³/mol. The summed E-state index contributed by atoms with van der Waals surface area (Å²) in [4.78, 5) is 17.9.